The summed E-state index contributed by atoms with van der Waals surface area (Å²) in [6.07, 6.45) is 0. The van der Waals surface area contributed by atoms with Gasteiger partial charge >= 0.3 is 11.9 Å². The van der Waals surface area contributed by atoms with E-state index in [2.05, 4.69) is 0 Å². The molecule has 0 fully saturated rings. The molecule has 0 aliphatic rings. The van der Waals surface area contributed by atoms with Crippen molar-refractivity contribution in [2.75, 3.05) is 7.11 Å². The fraction of sp³-hybridized carbons (Fsp3) is 0.0667. The molecule has 0 radical (unpaired) electrons. The standard InChI is InChI=1S/C15H12O8S/c1-22-9-4-2-5-10(8-9)23-15(18)11-6-3-7-12(24(19,20)21)13(11)14(16)17/h2-8H,1H3,(H,16,17)(H,19,20,21). The van der Waals surface area contributed by atoms with Crippen LogP contribution in [0.4, 0.5) is 0 Å². The van der Waals surface area contributed by atoms with Crippen LogP contribution in [0.1, 0.15) is 20.7 Å². The molecule has 9 heteroatoms. The lowest BCUT2D eigenvalue weighted by molar-refractivity contribution is 0.0663. The molecule has 0 aliphatic carbocycles. The Labute approximate surface area is 137 Å². The number of ether oxygens (including phenoxy) is 2. The van der Waals surface area contributed by atoms with Crippen molar-refractivity contribution < 1.29 is 37.1 Å². The van der Waals surface area contributed by atoms with Gasteiger partial charge in [0.25, 0.3) is 10.1 Å². The molecular formula is C15H12O8S. The summed E-state index contributed by atoms with van der Waals surface area (Å²) in [7, 11) is -3.41. The van der Waals surface area contributed by atoms with Crippen LogP contribution in [0.25, 0.3) is 0 Å². The van der Waals surface area contributed by atoms with Crippen LogP contribution in [0, 0.1) is 0 Å². The van der Waals surface area contributed by atoms with Crippen LogP contribution < -0.4 is 9.47 Å². The Morgan fingerprint density at radius 3 is 2.25 bits per heavy atom. The first kappa shape index (κ1) is 17.4. The summed E-state index contributed by atoms with van der Waals surface area (Å²) in [5, 5.41) is 9.20. The molecule has 2 aromatic carbocycles. The van der Waals surface area contributed by atoms with Crippen LogP contribution in [0.15, 0.2) is 47.4 Å². The van der Waals surface area contributed by atoms with Crippen LogP contribution in [0.3, 0.4) is 0 Å². The van der Waals surface area contributed by atoms with E-state index < -0.39 is 38.1 Å². The Morgan fingerprint density at radius 1 is 1.04 bits per heavy atom. The Morgan fingerprint density at radius 2 is 1.67 bits per heavy atom. The highest BCUT2D eigenvalue weighted by atomic mass is 32.2. The topological polar surface area (TPSA) is 127 Å². The van der Waals surface area contributed by atoms with Gasteiger partial charge in [0.1, 0.15) is 16.4 Å². The zero-order valence-electron chi connectivity index (χ0n) is 12.3. The predicted octanol–water partition coefficient (Wildman–Crippen LogP) is 1.86. The molecule has 0 heterocycles. The maximum absolute atomic E-state index is 12.2. The molecule has 0 unspecified atom stereocenters. The molecule has 0 saturated carbocycles. The quantitative estimate of drug-likeness (QED) is 0.474. The normalized spacial score (nSPS) is 10.9. The summed E-state index contributed by atoms with van der Waals surface area (Å²) in [6.45, 7) is 0. The van der Waals surface area contributed by atoms with Crippen LogP contribution >= 0.6 is 0 Å². The van der Waals surface area contributed by atoms with Crippen molar-refractivity contribution in [3.8, 4) is 11.5 Å². The van der Waals surface area contributed by atoms with E-state index >= 15 is 0 Å². The minimum absolute atomic E-state index is 0.0768. The third-order valence-electron chi connectivity index (χ3n) is 2.99. The fourth-order valence-electron chi connectivity index (χ4n) is 1.96. The van der Waals surface area contributed by atoms with Gasteiger partial charge < -0.3 is 14.6 Å². The van der Waals surface area contributed by atoms with Gasteiger partial charge in [-0.25, -0.2) is 9.59 Å². The number of carboxylic acids is 1. The number of hydrogen-bond donors (Lipinski definition) is 2. The van der Waals surface area contributed by atoms with Gasteiger partial charge in [-0.1, -0.05) is 12.1 Å². The van der Waals surface area contributed by atoms with Crippen molar-refractivity contribution in [1.82, 2.24) is 0 Å². The van der Waals surface area contributed by atoms with Crippen molar-refractivity contribution in [2.45, 2.75) is 4.90 Å². The number of carbonyl (C=O) groups is 2. The molecule has 2 N–H and O–H groups in total. The molecule has 2 aromatic rings. The van der Waals surface area contributed by atoms with E-state index in [-0.39, 0.29) is 5.75 Å². The molecule has 2 rings (SSSR count). The second-order valence-corrected chi connectivity index (χ2v) is 5.92. The molecule has 0 bridgehead atoms. The highest BCUT2D eigenvalue weighted by molar-refractivity contribution is 7.86. The van der Waals surface area contributed by atoms with Gasteiger partial charge in [0.05, 0.1) is 18.2 Å². The SMILES string of the molecule is COc1cccc(OC(=O)c2cccc(S(=O)(=O)O)c2C(=O)O)c1. The van der Waals surface area contributed by atoms with E-state index in [9.17, 15) is 23.1 Å². The highest BCUT2D eigenvalue weighted by Crippen LogP contribution is 2.24. The Balaban J connectivity index is 2.48. The Kier molecular flexibility index (Phi) is 4.86. The molecule has 0 amide bonds. The van der Waals surface area contributed by atoms with Gasteiger partial charge in [-0.2, -0.15) is 8.42 Å². The maximum atomic E-state index is 12.2. The molecule has 24 heavy (non-hydrogen) atoms. The zero-order chi connectivity index (χ0) is 17.9. The van der Waals surface area contributed by atoms with Gasteiger partial charge in [-0.3, -0.25) is 4.55 Å². The van der Waals surface area contributed by atoms with Crippen LogP contribution in [-0.4, -0.2) is 37.1 Å². The molecule has 8 nitrogen and oxygen atoms in total. The Hall–Kier alpha value is -2.91. The third-order valence-corrected chi connectivity index (χ3v) is 3.89. The van der Waals surface area contributed by atoms with E-state index in [1.807, 2.05) is 0 Å². The van der Waals surface area contributed by atoms with Crippen molar-refractivity contribution in [3.63, 3.8) is 0 Å². The van der Waals surface area contributed by atoms with Gasteiger partial charge in [-0.15, -0.1) is 0 Å². The molecule has 0 spiro atoms. The number of rotatable bonds is 5. The average Bonchev–Trinajstić information content (AvgIpc) is 2.53. The third kappa shape index (κ3) is 3.70. The number of esters is 1. The van der Waals surface area contributed by atoms with Crippen LogP contribution in [-0.2, 0) is 10.1 Å². The molecular weight excluding hydrogens is 340 g/mol. The molecule has 0 saturated heterocycles. The minimum atomic E-state index is -4.83. The monoisotopic (exact) mass is 352 g/mol. The second kappa shape index (κ2) is 6.69. The lowest BCUT2D eigenvalue weighted by Gasteiger charge is -2.10. The number of methoxy groups -OCH3 is 1. The first-order valence-electron chi connectivity index (χ1n) is 6.44. The van der Waals surface area contributed by atoms with E-state index in [1.54, 1.807) is 12.1 Å². The molecule has 0 aromatic heterocycles. The van der Waals surface area contributed by atoms with Gasteiger partial charge in [-0.05, 0) is 24.3 Å². The lowest BCUT2D eigenvalue weighted by Crippen LogP contribution is -2.17. The number of hydrogen-bond acceptors (Lipinski definition) is 6. The highest BCUT2D eigenvalue weighted by Gasteiger charge is 2.27. The van der Waals surface area contributed by atoms with E-state index in [4.69, 9.17) is 14.0 Å². The average molecular weight is 352 g/mol. The predicted molar refractivity (Wildman–Crippen MR) is 81.2 cm³/mol. The molecule has 0 atom stereocenters. The van der Waals surface area contributed by atoms with Gasteiger partial charge in [0, 0.05) is 6.07 Å². The lowest BCUT2D eigenvalue weighted by atomic mass is 10.1. The summed E-state index contributed by atoms with van der Waals surface area (Å²) >= 11 is 0. The minimum Gasteiger partial charge on any atom is -0.497 e. The number of carboxylic acid groups (broad SMARTS) is 1. The number of benzene rings is 2. The van der Waals surface area contributed by atoms with E-state index in [1.165, 1.54) is 19.2 Å². The first-order chi connectivity index (χ1) is 11.2. The summed E-state index contributed by atoms with van der Waals surface area (Å²) < 4.78 is 41.7. The first-order valence-corrected chi connectivity index (χ1v) is 7.88. The van der Waals surface area contributed by atoms with Crippen molar-refractivity contribution in [2.24, 2.45) is 0 Å². The van der Waals surface area contributed by atoms with Crippen molar-refractivity contribution >= 4 is 22.1 Å². The largest absolute Gasteiger partial charge is 0.497 e. The van der Waals surface area contributed by atoms with E-state index in [0.717, 1.165) is 18.2 Å². The molecule has 126 valence electrons. The summed E-state index contributed by atoms with van der Waals surface area (Å²) in [4.78, 5) is 22.7. The van der Waals surface area contributed by atoms with Crippen molar-refractivity contribution in [3.05, 3.63) is 53.6 Å². The Bertz CT molecular complexity index is 901. The van der Waals surface area contributed by atoms with E-state index in [0.29, 0.717) is 5.75 Å². The van der Waals surface area contributed by atoms with Crippen LogP contribution in [0.5, 0.6) is 11.5 Å². The fourth-order valence-corrected chi connectivity index (χ4v) is 2.67. The van der Waals surface area contributed by atoms with Crippen molar-refractivity contribution in [1.29, 1.82) is 0 Å². The second-order valence-electron chi connectivity index (χ2n) is 4.53. The number of aromatic carboxylic acids is 1. The molecule has 0 aliphatic heterocycles. The number of carbonyl (C=O) groups excluding carboxylic acids is 1. The zero-order valence-corrected chi connectivity index (χ0v) is 13.1. The van der Waals surface area contributed by atoms with Crippen LogP contribution in [0.2, 0.25) is 0 Å². The summed E-state index contributed by atoms with van der Waals surface area (Å²) in [5.41, 5.74) is -1.38. The summed E-state index contributed by atoms with van der Waals surface area (Å²) in [6, 6.07) is 9.07. The maximum Gasteiger partial charge on any atom is 0.344 e. The van der Waals surface area contributed by atoms with Gasteiger partial charge in [0.15, 0.2) is 0 Å². The summed E-state index contributed by atoms with van der Waals surface area (Å²) in [5.74, 6) is -2.30. The smallest absolute Gasteiger partial charge is 0.344 e. The van der Waals surface area contributed by atoms with Gasteiger partial charge in [0.2, 0.25) is 0 Å².